The van der Waals surface area contributed by atoms with Gasteiger partial charge in [0, 0.05) is 18.0 Å². The van der Waals surface area contributed by atoms with Crippen LogP contribution < -0.4 is 0 Å². The van der Waals surface area contributed by atoms with Crippen molar-refractivity contribution >= 4 is 51.3 Å². The number of fused-ring (bicyclic) bond motifs is 1. The van der Waals surface area contributed by atoms with Crippen molar-refractivity contribution in [3.63, 3.8) is 0 Å². The zero-order chi connectivity index (χ0) is 13.4. The van der Waals surface area contributed by atoms with E-state index in [2.05, 4.69) is 0 Å². The highest BCUT2D eigenvalue weighted by Crippen LogP contribution is 2.33. The fourth-order valence-corrected chi connectivity index (χ4v) is 3.34. The monoisotopic (exact) mass is 289 g/mol. The Morgan fingerprint density at radius 1 is 1.42 bits per heavy atom. The number of furan rings is 1. The van der Waals surface area contributed by atoms with E-state index in [-0.39, 0.29) is 5.91 Å². The molecule has 2 aromatic rings. The van der Waals surface area contributed by atoms with Gasteiger partial charge in [-0.25, -0.2) is 0 Å². The van der Waals surface area contributed by atoms with Gasteiger partial charge in [0.05, 0.1) is 4.91 Å². The van der Waals surface area contributed by atoms with Crippen LogP contribution in [0, 0.1) is 0 Å². The normalized spacial score (nSPS) is 17.9. The molecular formula is C14H11NO2S2. The van der Waals surface area contributed by atoms with Gasteiger partial charge in [-0.2, -0.15) is 0 Å². The van der Waals surface area contributed by atoms with E-state index in [4.69, 9.17) is 16.6 Å². The maximum absolute atomic E-state index is 12.1. The van der Waals surface area contributed by atoms with Gasteiger partial charge in [-0.3, -0.25) is 9.69 Å². The Hall–Kier alpha value is -1.59. The first kappa shape index (κ1) is 12.4. The summed E-state index contributed by atoms with van der Waals surface area (Å²) in [7, 11) is 0. The van der Waals surface area contributed by atoms with Gasteiger partial charge in [0.1, 0.15) is 15.7 Å². The molecule has 1 aromatic heterocycles. The SMILES string of the molecule is CCN1C(=O)/C(=C/c2cc3ccccc3o2)SC1=S. The van der Waals surface area contributed by atoms with Crippen molar-refractivity contribution in [1.29, 1.82) is 0 Å². The van der Waals surface area contributed by atoms with Gasteiger partial charge >= 0.3 is 0 Å². The number of thioether (sulfide) groups is 1. The molecule has 1 aromatic carbocycles. The second-order valence-corrected chi connectivity index (χ2v) is 5.79. The maximum Gasteiger partial charge on any atom is 0.266 e. The largest absolute Gasteiger partial charge is 0.457 e. The van der Waals surface area contributed by atoms with Crippen molar-refractivity contribution in [2.24, 2.45) is 0 Å². The van der Waals surface area contributed by atoms with Crippen LogP contribution in [-0.4, -0.2) is 21.7 Å². The lowest BCUT2D eigenvalue weighted by Crippen LogP contribution is -2.27. The molecule has 0 atom stereocenters. The summed E-state index contributed by atoms with van der Waals surface area (Å²) >= 11 is 6.49. The number of benzene rings is 1. The summed E-state index contributed by atoms with van der Waals surface area (Å²) in [4.78, 5) is 14.3. The summed E-state index contributed by atoms with van der Waals surface area (Å²) in [5.74, 6) is 0.635. The van der Waals surface area contributed by atoms with Gasteiger partial charge in [-0.05, 0) is 19.1 Å². The van der Waals surface area contributed by atoms with Crippen LogP contribution in [0.3, 0.4) is 0 Å². The smallest absolute Gasteiger partial charge is 0.266 e. The summed E-state index contributed by atoms with van der Waals surface area (Å²) in [6.07, 6.45) is 1.76. The van der Waals surface area contributed by atoms with Gasteiger partial charge in [-0.15, -0.1) is 0 Å². The zero-order valence-corrected chi connectivity index (χ0v) is 11.9. The van der Waals surface area contributed by atoms with Gasteiger partial charge in [0.25, 0.3) is 5.91 Å². The molecule has 3 nitrogen and oxygen atoms in total. The lowest BCUT2D eigenvalue weighted by molar-refractivity contribution is -0.121. The quantitative estimate of drug-likeness (QED) is 0.624. The Balaban J connectivity index is 1.98. The Kier molecular flexibility index (Phi) is 3.16. The standard InChI is InChI=1S/C14H11NO2S2/c1-2-15-13(16)12(19-14(15)18)8-10-7-9-5-3-4-6-11(9)17-10/h3-8H,2H2,1H3/b12-8-. The number of para-hydroxylation sites is 1. The van der Waals surface area contributed by atoms with Crippen LogP contribution in [0.2, 0.25) is 0 Å². The predicted octanol–water partition coefficient (Wildman–Crippen LogP) is 3.65. The average molecular weight is 289 g/mol. The van der Waals surface area contributed by atoms with Crippen molar-refractivity contribution in [3.05, 3.63) is 41.0 Å². The molecule has 3 rings (SSSR count). The Morgan fingerprint density at radius 3 is 2.89 bits per heavy atom. The van der Waals surface area contributed by atoms with Gasteiger partial charge in [-0.1, -0.05) is 42.2 Å². The van der Waals surface area contributed by atoms with Gasteiger partial charge in [0.2, 0.25) is 0 Å². The fourth-order valence-electron chi connectivity index (χ4n) is 1.98. The van der Waals surface area contributed by atoms with Crippen LogP contribution in [-0.2, 0) is 4.79 Å². The molecule has 0 N–H and O–H groups in total. The molecular weight excluding hydrogens is 278 g/mol. The third kappa shape index (κ3) is 2.19. The van der Waals surface area contributed by atoms with E-state index in [9.17, 15) is 4.79 Å². The molecule has 0 radical (unpaired) electrons. The van der Waals surface area contributed by atoms with Crippen molar-refractivity contribution < 1.29 is 9.21 Å². The summed E-state index contributed by atoms with van der Waals surface area (Å²) in [5, 5.41) is 1.03. The summed E-state index contributed by atoms with van der Waals surface area (Å²) in [6, 6.07) is 9.69. The molecule has 0 unspecified atom stereocenters. The molecule has 0 aliphatic carbocycles. The van der Waals surface area contributed by atoms with Crippen molar-refractivity contribution in [1.82, 2.24) is 4.90 Å². The lowest BCUT2D eigenvalue weighted by Gasteiger charge is -2.09. The highest BCUT2D eigenvalue weighted by molar-refractivity contribution is 8.26. The Labute approximate surface area is 120 Å². The molecule has 0 spiro atoms. The molecule has 1 aliphatic heterocycles. The molecule has 1 saturated heterocycles. The number of thiocarbonyl (C=S) groups is 1. The third-order valence-electron chi connectivity index (χ3n) is 2.91. The topological polar surface area (TPSA) is 33.5 Å². The molecule has 19 heavy (non-hydrogen) atoms. The minimum atomic E-state index is -0.0436. The van der Waals surface area contributed by atoms with E-state index in [0.717, 1.165) is 11.0 Å². The number of amides is 1. The van der Waals surface area contributed by atoms with Crippen LogP contribution in [0.5, 0.6) is 0 Å². The van der Waals surface area contributed by atoms with Crippen LogP contribution in [0.1, 0.15) is 12.7 Å². The number of rotatable bonds is 2. The highest BCUT2D eigenvalue weighted by atomic mass is 32.2. The highest BCUT2D eigenvalue weighted by Gasteiger charge is 2.30. The second kappa shape index (κ2) is 4.83. The molecule has 2 heterocycles. The number of nitrogens with zero attached hydrogens (tertiary/aromatic N) is 1. The molecule has 0 bridgehead atoms. The molecule has 1 aliphatic rings. The van der Waals surface area contributed by atoms with E-state index in [1.165, 1.54) is 11.8 Å². The Bertz CT molecular complexity index is 669. The van der Waals surface area contributed by atoms with Crippen LogP contribution in [0.25, 0.3) is 17.0 Å². The molecule has 5 heteroatoms. The number of likely N-dealkylation sites (N-methyl/N-ethyl adjacent to an activating group) is 1. The van der Waals surface area contributed by atoms with Crippen molar-refractivity contribution in [2.45, 2.75) is 6.92 Å². The van der Waals surface area contributed by atoms with E-state index in [0.29, 0.717) is 21.5 Å². The molecule has 96 valence electrons. The van der Waals surface area contributed by atoms with E-state index >= 15 is 0 Å². The third-order valence-corrected chi connectivity index (χ3v) is 4.29. The second-order valence-electron chi connectivity index (χ2n) is 4.11. The van der Waals surface area contributed by atoms with Gasteiger partial charge < -0.3 is 4.42 Å². The maximum atomic E-state index is 12.1. The molecule has 1 amide bonds. The average Bonchev–Trinajstić information content (AvgIpc) is 2.91. The number of hydrogen-bond donors (Lipinski definition) is 0. The molecule has 1 fully saturated rings. The lowest BCUT2D eigenvalue weighted by atomic mass is 10.2. The first-order chi connectivity index (χ1) is 9.19. The summed E-state index contributed by atoms with van der Waals surface area (Å²) < 4.78 is 6.29. The first-order valence-electron chi connectivity index (χ1n) is 5.93. The van der Waals surface area contributed by atoms with E-state index in [1.54, 1.807) is 11.0 Å². The zero-order valence-electron chi connectivity index (χ0n) is 10.3. The number of hydrogen-bond acceptors (Lipinski definition) is 4. The minimum Gasteiger partial charge on any atom is -0.457 e. The van der Waals surface area contributed by atoms with Crippen LogP contribution in [0.15, 0.2) is 39.7 Å². The molecule has 0 saturated carbocycles. The number of carbonyl (C=O) groups excluding carboxylic acids is 1. The summed E-state index contributed by atoms with van der Waals surface area (Å²) in [5.41, 5.74) is 0.819. The predicted molar refractivity (Wildman–Crippen MR) is 81.8 cm³/mol. The Morgan fingerprint density at radius 2 is 2.21 bits per heavy atom. The van der Waals surface area contributed by atoms with E-state index in [1.807, 2.05) is 37.3 Å². The van der Waals surface area contributed by atoms with Crippen LogP contribution >= 0.6 is 24.0 Å². The van der Waals surface area contributed by atoms with Crippen LogP contribution in [0.4, 0.5) is 0 Å². The summed E-state index contributed by atoms with van der Waals surface area (Å²) in [6.45, 7) is 2.51. The van der Waals surface area contributed by atoms with E-state index < -0.39 is 0 Å². The first-order valence-corrected chi connectivity index (χ1v) is 7.15. The van der Waals surface area contributed by atoms with Crippen molar-refractivity contribution in [3.8, 4) is 0 Å². The number of carbonyl (C=O) groups is 1. The minimum absolute atomic E-state index is 0.0436. The van der Waals surface area contributed by atoms with Crippen molar-refractivity contribution in [2.75, 3.05) is 6.54 Å². The fraction of sp³-hybridized carbons (Fsp3) is 0.143. The van der Waals surface area contributed by atoms with Gasteiger partial charge in [0.15, 0.2) is 0 Å².